The van der Waals surface area contributed by atoms with Crippen LogP contribution in [0.25, 0.3) is 0 Å². The Morgan fingerprint density at radius 3 is 2.91 bits per heavy atom. The summed E-state index contributed by atoms with van der Waals surface area (Å²) in [5, 5.41) is 8.93. The van der Waals surface area contributed by atoms with Gasteiger partial charge >= 0.3 is 0 Å². The van der Waals surface area contributed by atoms with E-state index in [1.54, 1.807) is 7.11 Å². The van der Waals surface area contributed by atoms with Gasteiger partial charge in [0.1, 0.15) is 5.69 Å². The summed E-state index contributed by atoms with van der Waals surface area (Å²) in [6.07, 6.45) is 2.68. The highest BCUT2D eigenvalue weighted by molar-refractivity contribution is 7.11. The van der Waals surface area contributed by atoms with E-state index >= 15 is 0 Å². The molecule has 23 heavy (non-hydrogen) atoms. The van der Waals surface area contributed by atoms with Crippen LogP contribution in [-0.2, 0) is 24.4 Å². The quantitative estimate of drug-likeness (QED) is 0.816. The second kappa shape index (κ2) is 6.34. The molecule has 0 N–H and O–H groups in total. The summed E-state index contributed by atoms with van der Waals surface area (Å²) in [6.45, 7) is 6.86. The zero-order chi connectivity index (χ0) is 15.8. The number of ether oxygens (including phenoxy) is 1. The number of hydrogen-bond donors (Lipinski definition) is 0. The second-order valence-electron chi connectivity index (χ2n) is 6.88. The SMILES string of the molecule is COC[C@@H]1CN(Cc2ccc(C)s2)Cc2nnn(CC3CC3)c21. The normalized spacial score (nSPS) is 21.6. The average Bonchev–Trinajstić information content (AvgIpc) is 3.11. The Kier molecular flexibility index (Phi) is 4.22. The minimum Gasteiger partial charge on any atom is -0.384 e. The molecule has 0 saturated heterocycles. The first kappa shape index (κ1) is 15.3. The van der Waals surface area contributed by atoms with E-state index in [0.717, 1.165) is 44.4 Å². The first-order chi connectivity index (χ1) is 11.2. The van der Waals surface area contributed by atoms with Crippen molar-refractivity contribution in [2.45, 2.75) is 45.3 Å². The number of thiophene rings is 1. The standard InChI is InChI=1S/C17H24N4OS/c1-12-3-6-15(23-12)9-20-8-14(11-22-2)17-16(10-20)18-19-21(17)7-13-4-5-13/h3,6,13-14H,4-5,7-11H2,1-2H3/t14-/m0/s1. The third-order valence-corrected chi connectivity index (χ3v) is 5.74. The summed E-state index contributed by atoms with van der Waals surface area (Å²) in [7, 11) is 1.79. The molecule has 0 radical (unpaired) electrons. The van der Waals surface area contributed by atoms with Gasteiger partial charge in [-0.2, -0.15) is 0 Å². The lowest BCUT2D eigenvalue weighted by atomic mass is 9.98. The number of aryl methyl sites for hydroxylation is 1. The Morgan fingerprint density at radius 1 is 1.35 bits per heavy atom. The topological polar surface area (TPSA) is 43.2 Å². The van der Waals surface area contributed by atoms with Crippen LogP contribution in [0.5, 0.6) is 0 Å². The Morgan fingerprint density at radius 2 is 2.22 bits per heavy atom. The minimum absolute atomic E-state index is 0.374. The molecule has 124 valence electrons. The van der Waals surface area contributed by atoms with Gasteiger partial charge in [-0.25, -0.2) is 4.68 Å². The predicted molar refractivity (Wildman–Crippen MR) is 90.5 cm³/mol. The number of methoxy groups -OCH3 is 1. The second-order valence-corrected chi connectivity index (χ2v) is 8.25. The Balaban J connectivity index is 1.54. The van der Waals surface area contributed by atoms with Crippen LogP contribution in [0.2, 0.25) is 0 Å². The Labute approximate surface area is 141 Å². The molecule has 1 aliphatic heterocycles. The molecule has 6 heteroatoms. The fourth-order valence-corrected chi connectivity index (χ4v) is 4.45. The third-order valence-electron chi connectivity index (χ3n) is 4.76. The van der Waals surface area contributed by atoms with E-state index in [4.69, 9.17) is 4.74 Å². The Bertz CT molecular complexity index is 676. The van der Waals surface area contributed by atoms with Gasteiger partial charge in [0, 0.05) is 49.0 Å². The zero-order valence-corrected chi connectivity index (χ0v) is 14.7. The van der Waals surface area contributed by atoms with Gasteiger partial charge in [-0.05, 0) is 37.8 Å². The van der Waals surface area contributed by atoms with Crippen LogP contribution in [-0.4, -0.2) is 40.2 Å². The van der Waals surface area contributed by atoms with Crippen molar-refractivity contribution in [3.05, 3.63) is 33.3 Å². The summed E-state index contributed by atoms with van der Waals surface area (Å²) in [5.41, 5.74) is 2.46. The summed E-state index contributed by atoms with van der Waals surface area (Å²) < 4.78 is 7.65. The van der Waals surface area contributed by atoms with Crippen molar-refractivity contribution in [3.8, 4) is 0 Å². The van der Waals surface area contributed by atoms with Gasteiger partial charge in [-0.3, -0.25) is 4.90 Å². The van der Waals surface area contributed by atoms with Crippen molar-refractivity contribution < 1.29 is 4.74 Å². The third kappa shape index (κ3) is 3.34. The van der Waals surface area contributed by atoms with E-state index in [0.29, 0.717) is 5.92 Å². The van der Waals surface area contributed by atoms with Gasteiger partial charge in [0.2, 0.25) is 0 Å². The predicted octanol–water partition coefficient (Wildman–Crippen LogP) is 2.80. The minimum atomic E-state index is 0.374. The number of rotatable bonds is 6. The number of aromatic nitrogens is 3. The summed E-state index contributed by atoms with van der Waals surface area (Å²) in [4.78, 5) is 5.28. The molecule has 2 aromatic rings. The molecule has 2 aromatic heterocycles. The fourth-order valence-electron chi connectivity index (χ4n) is 3.51. The average molecular weight is 332 g/mol. The lowest BCUT2D eigenvalue weighted by Crippen LogP contribution is -2.36. The van der Waals surface area contributed by atoms with Crippen LogP contribution in [0.1, 0.15) is 39.9 Å². The highest BCUT2D eigenvalue weighted by Crippen LogP contribution is 2.34. The fraction of sp³-hybridized carbons (Fsp3) is 0.647. The molecule has 1 fully saturated rings. The first-order valence-electron chi connectivity index (χ1n) is 8.42. The van der Waals surface area contributed by atoms with E-state index in [-0.39, 0.29) is 0 Å². The molecule has 1 atom stereocenters. The maximum Gasteiger partial charge on any atom is 0.100 e. The van der Waals surface area contributed by atoms with Gasteiger partial charge < -0.3 is 4.74 Å². The van der Waals surface area contributed by atoms with Crippen molar-refractivity contribution in [2.75, 3.05) is 20.3 Å². The summed E-state index contributed by atoms with van der Waals surface area (Å²) in [6, 6.07) is 4.44. The van der Waals surface area contributed by atoms with Crippen molar-refractivity contribution in [2.24, 2.45) is 5.92 Å². The summed E-state index contributed by atoms with van der Waals surface area (Å²) in [5.74, 6) is 1.19. The van der Waals surface area contributed by atoms with Crippen molar-refractivity contribution in [1.29, 1.82) is 0 Å². The van der Waals surface area contributed by atoms with Crippen molar-refractivity contribution in [1.82, 2.24) is 19.9 Å². The van der Waals surface area contributed by atoms with Crippen LogP contribution in [0.4, 0.5) is 0 Å². The van der Waals surface area contributed by atoms with E-state index in [1.807, 2.05) is 11.3 Å². The molecule has 0 amide bonds. The Hall–Kier alpha value is -1.24. The highest BCUT2D eigenvalue weighted by atomic mass is 32.1. The molecule has 0 bridgehead atoms. The van der Waals surface area contributed by atoms with Crippen LogP contribution in [0.3, 0.4) is 0 Å². The van der Waals surface area contributed by atoms with Crippen molar-refractivity contribution >= 4 is 11.3 Å². The van der Waals surface area contributed by atoms with Crippen LogP contribution < -0.4 is 0 Å². The molecule has 0 unspecified atom stereocenters. The molecule has 1 aliphatic carbocycles. The van der Waals surface area contributed by atoms with E-state index in [9.17, 15) is 0 Å². The summed E-state index contributed by atoms with van der Waals surface area (Å²) >= 11 is 1.89. The van der Waals surface area contributed by atoms with Gasteiger partial charge in [0.25, 0.3) is 0 Å². The number of fused-ring (bicyclic) bond motifs is 1. The molecule has 1 saturated carbocycles. The van der Waals surface area contributed by atoms with Crippen LogP contribution in [0.15, 0.2) is 12.1 Å². The smallest absolute Gasteiger partial charge is 0.100 e. The van der Waals surface area contributed by atoms with Crippen LogP contribution in [0, 0.1) is 12.8 Å². The lowest BCUT2D eigenvalue weighted by Gasteiger charge is -2.31. The van der Waals surface area contributed by atoms with E-state index < -0.39 is 0 Å². The molecular formula is C17H24N4OS. The first-order valence-corrected chi connectivity index (χ1v) is 9.23. The molecular weight excluding hydrogens is 308 g/mol. The van der Waals surface area contributed by atoms with Gasteiger partial charge in [-0.15, -0.1) is 16.4 Å². The molecule has 0 aromatic carbocycles. The largest absolute Gasteiger partial charge is 0.384 e. The van der Waals surface area contributed by atoms with Crippen LogP contribution >= 0.6 is 11.3 Å². The van der Waals surface area contributed by atoms with Crippen molar-refractivity contribution in [3.63, 3.8) is 0 Å². The number of nitrogens with zero attached hydrogens (tertiary/aromatic N) is 4. The number of hydrogen-bond acceptors (Lipinski definition) is 5. The molecule has 3 heterocycles. The van der Waals surface area contributed by atoms with E-state index in [2.05, 4.69) is 39.0 Å². The monoisotopic (exact) mass is 332 g/mol. The van der Waals surface area contributed by atoms with Gasteiger partial charge in [0.05, 0.1) is 12.3 Å². The molecule has 4 rings (SSSR count). The lowest BCUT2D eigenvalue weighted by molar-refractivity contribution is 0.131. The van der Waals surface area contributed by atoms with Gasteiger partial charge in [0.15, 0.2) is 0 Å². The molecule has 5 nitrogen and oxygen atoms in total. The zero-order valence-electron chi connectivity index (χ0n) is 13.9. The molecule has 2 aliphatic rings. The maximum atomic E-state index is 5.49. The van der Waals surface area contributed by atoms with Gasteiger partial charge in [-0.1, -0.05) is 5.21 Å². The highest BCUT2D eigenvalue weighted by Gasteiger charge is 2.33. The van der Waals surface area contributed by atoms with E-state index in [1.165, 1.54) is 28.3 Å². The molecule has 0 spiro atoms. The maximum absolute atomic E-state index is 5.49.